The second kappa shape index (κ2) is 7.96. The van der Waals surface area contributed by atoms with Gasteiger partial charge in [-0.3, -0.25) is 0 Å². The van der Waals surface area contributed by atoms with Gasteiger partial charge in [0.25, 0.3) is 0 Å². The first-order chi connectivity index (χ1) is 9.70. The molecule has 0 fully saturated rings. The third kappa shape index (κ3) is 4.44. The summed E-state index contributed by atoms with van der Waals surface area (Å²) in [5.41, 5.74) is 2.71. The Hall–Kier alpha value is -0.640. The van der Waals surface area contributed by atoms with Gasteiger partial charge in [0.05, 0.1) is 0 Å². The van der Waals surface area contributed by atoms with Crippen LogP contribution < -0.4 is 5.32 Å². The summed E-state index contributed by atoms with van der Waals surface area (Å²) >= 11 is 5.56. The molecule has 0 amide bonds. The molecule has 1 aromatic carbocycles. The van der Waals surface area contributed by atoms with Crippen LogP contribution in [0.25, 0.3) is 0 Å². The maximum Gasteiger partial charge on any atom is 0.0334 e. The zero-order chi connectivity index (χ0) is 14.4. The Bertz CT molecular complexity index is 522. The molecule has 0 aliphatic heterocycles. The summed E-state index contributed by atoms with van der Waals surface area (Å²) in [6.45, 7) is 5.44. The van der Waals surface area contributed by atoms with E-state index in [0.717, 1.165) is 19.4 Å². The van der Waals surface area contributed by atoms with Gasteiger partial charge in [0.2, 0.25) is 0 Å². The first kappa shape index (κ1) is 15.7. The second-order valence-electron chi connectivity index (χ2n) is 5.15. The van der Waals surface area contributed by atoms with Crippen LogP contribution in [0.4, 0.5) is 0 Å². The molecule has 3 heteroatoms. The highest BCUT2D eigenvalue weighted by atomic mass is 79.9. The van der Waals surface area contributed by atoms with Crippen LogP contribution in [-0.2, 0) is 6.42 Å². The van der Waals surface area contributed by atoms with Crippen LogP contribution in [0.5, 0.6) is 0 Å². The number of thiophene rings is 1. The summed E-state index contributed by atoms with van der Waals surface area (Å²) in [4.78, 5) is 1.47. The van der Waals surface area contributed by atoms with Crippen molar-refractivity contribution in [1.29, 1.82) is 0 Å². The van der Waals surface area contributed by atoms with Crippen molar-refractivity contribution in [1.82, 2.24) is 5.32 Å². The van der Waals surface area contributed by atoms with Gasteiger partial charge < -0.3 is 5.32 Å². The number of hydrogen-bond donors (Lipinski definition) is 1. The van der Waals surface area contributed by atoms with Crippen LogP contribution >= 0.6 is 27.3 Å². The summed E-state index contributed by atoms with van der Waals surface area (Å²) < 4.78 is 1.21. The molecular formula is C17H22BrNS. The van der Waals surface area contributed by atoms with Crippen molar-refractivity contribution in [3.63, 3.8) is 0 Å². The molecule has 0 aliphatic carbocycles. The molecule has 2 aromatic rings. The molecule has 1 heterocycles. The molecule has 0 bridgehead atoms. The minimum atomic E-state index is 0.423. The van der Waals surface area contributed by atoms with Gasteiger partial charge in [0.1, 0.15) is 0 Å². The van der Waals surface area contributed by atoms with Gasteiger partial charge in [-0.1, -0.05) is 46.6 Å². The molecule has 0 spiro atoms. The van der Waals surface area contributed by atoms with E-state index in [1.54, 1.807) is 0 Å². The fourth-order valence-electron chi connectivity index (χ4n) is 2.36. The maximum atomic E-state index is 3.70. The molecule has 2 rings (SSSR count). The van der Waals surface area contributed by atoms with Crippen molar-refractivity contribution in [3.05, 3.63) is 56.2 Å². The first-order valence-corrected chi connectivity index (χ1v) is 8.89. The normalized spacial score (nSPS) is 12.6. The van der Waals surface area contributed by atoms with Crippen LogP contribution in [-0.4, -0.2) is 6.54 Å². The van der Waals surface area contributed by atoms with Gasteiger partial charge in [-0.2, -0.15) is 0 Å². The van der Waals surface area contributed by atoms with Crippen LogP contribution in [0.3, 0.4) is 0 Å². The number of halogens is 1. The average molecular weight is 352 g/mol. The van der Waals surface area contributed by atoms with E-state index in [4.69, 9.17) is 0 Å². The predicted molar refractivity (Wildman–Crippen MR) is 92.6 cm³/mol. The number of aryl methyl sites for hydroxylation is 2. The van der Waals surface area contributed by atoms with Crippen molar-refractivity contribution in [2.45, 2.75) is 39.2 Å². The smallest absolute Gasteiger partial charge is 0.0334 e. The van der Waals surface area contributed by atoms with E-state index in [1.807, 2.05) is 11.3 Å². The van der Waals surface area contributed by atoms with Crippen LogP contribution in [0.1, 0.15) is 41.8 Å². The van der Waals surface area contributed by atoms with Crippen LogP contribution in [0, 0.1) is 6.92 Å². The lowest BCUT2D eigenvalue weighted by molar-refractivity contribution is 0.499. The van der Waals surface area contributed by atoms with Gasteiger partial charge in [-0.25, -0.2) is 0 Å². The number of hydrogen-bond acceptors (Lipinski definition) is 2. The minimum Gasteiger partial charge on any atom is -0.310 e. The SMILES string of the molecule is CCCNC(CCc1cccs1)c1cc(C)ccc1Br. The summed E-state index contributed by atoms with van der Waals surface area (Å²) in [5, 5.41) is 5.85. The maximum absolute atomic E-state index is 3.70. The number of rotatable bonds is 7. The monoisotopic (exact) mass is 351 g/mol. The quantitative estimate of drug-likeness (QED) is 0.694. The Morgan fingerprint density at radius 3 is 2.85 bits per heavy atom. The third-order valence-electron chi connectivity index (χ3n) is 3.43. The molecule has 20 heavy (non-hydrogen) atoms. The first-order valence-electron chi connectivity index (χ1n) is 7.22. The molecule has 1 nitrogen and oxygen atoms in total. The lowest BCUT2D eigenvalue weighted by atomic mass is 9.99. The van der Waals surface area contributed by atoms with Crippen molar-refractivity contribution in [3.8, 4) is 0 Å². The fourth-order valence-corrected chi connectivity index (χ4v) is 3.61. The fraction of sp³-hybridized carbons (Fsp3) is 0.412. The topological polar surface area (TPSA) is 12.0 Å². The Labute approximate surface area is 134 Å². The van der Waals surface area contributed by atoms with Gasteiger partial charge in [-0.15, -0.1) is 11.3 Å². The van der Waals surface area contributed by atoms with Crippen molar-refractivity contribution >= 4 is 27.3 Å². The van der Waals surface area contributed by atoms with Gasteiger partial charge in [-0.05, 0) is 55.8 Å². The van der Waals surface area contributed by atoms with E-state index in [2.05, 4.69) is 70.8 Å². The molecule has 1 aromatic heterocycles. The Kier molecular flexibility index (Phi) is 6.27. The Morgan fingerprint density at radius 2 is 2.15 bits per heavy atom. The number of nitrogens with one attached hydrogen (secondary N) is 1. The van der Waals surface area contributed by atoms with E-state index in [-0.39, 0.29) is 0 Å². The Morgan fingerprint density at radius 1 is 1.30 bits per heavy atom. The van der Waals surface area contributed by atoms with E-state index in [9.17, 15) is 0 Å². The minimum absolute atomic E-state index is 0.423. The lowest BCUT2D eigenvalue weighted by Crippen LogP contribution is -2.23. The molecular weight excluding hydrogens is 330 g/mol. The highest BCUT2D eigenvalue weighted by molar-refractivity contribution is 9.10. The van der Waals surface area contributed by atoms with Crippen molar-refractivity contribution in [2.75, 3.05) is 6.54 Å². The zero-order valence-corrected chi connectivity index (χ0v) is 14.6. The summed E-state index contributed by atoms with van der Waals surface area (Å²) in [7, 11) is 0. The van der Waals surface area contributed by atoms with Crippen LogP contribution in [0.15, 0.2) is 40.2 Å². The standard InChI is InChI=1S/C17H22BrNS/c1-3-10-19-17(9-7-14-5-4-11-20-14)15-12-13(2)6-8-16(15)18/h4-6,8,11-12,17,19H,3,7,9-10H2,1-2H3. The molecule has 0 radical (unpaired) electrons. The van der Waals surface area contributed by atoms with Crippen LogP contribution in [0.2, 0.25) is 0 Å². The largest absolute Gasteiger partial charge is 0.310 e. The average Bonchev–Trinajstić information content (AvgIpc) is 2.95. The molecule has 0 saturated heterocycles. The molecule has 1 atom stereocenters. The molecule has 1 unspecified atom stereocenters. The number of benzene rings is 1. The summed E-state index contributed by atoms with van der Waals surface area (Å²) in [6.07, 6.45) is 3.45. The summed E-state index contributed by atoms with van der Waals surface area (Å²) in [6, 6.07) is 11.4. The van der Waals surface area contributed by atoms with Gasteiger partial charge >= 0.3 is 0 Å². The second-order valence-corrected chi connectivity index (χ2v) is 7.04. The lowest BCUT2D eigenvalue weighted by Gasteiger charge is -2.20. The van der Waals surface area contributed by atoms with E-state index in [1.165, 1.54) is 26.9 Å². The van der Waals surface area contributed by atoms with Crippen molar-refractivity contribution < 1.29 is 0 Å². The van der Waals surface area contributed by atoms with Gasteiger partial charge in [0.15, 0.2) is 0 Å². The molecule has 0 saturated carbocycles. The van der Waals surface area contributed by atoms with E-state index < -0.39 is 0 Å². The third-order valence-corrected chi connectivity index (χ3v) is 5.09. The molecule has 1 N–H and O–H groups in total. The predicted octanol–water partition coefficient (Wildman–Crippen LogP) is 5.49. The van der Waals surface area contributed by atoms with Crippen molar-refractivity contribution in [2.24, 2.45) is 0 Å². The highest BCUT2D eigenvalue weighted by Gasteiger charge is 2.14. The van der Waals surface area contributed by atoms with E-state index in [0.29, 0.717) is 6.04 Å². The highest BCUT2D eigenvalue weighted by Crippen LogP contribution is 2.28. The zero-order valence-electron chi connectivity index (χ0n) is 12.2. The van der Waals surface area contributed by atoms with E-state index >= 15 is 0 Å². The summed E-state index contributed by atoms with van der Waals surface area (Å²) in [5.74, 6) is 0. The molecule has 108 valence electrons. The molecule has 0 aliphatic rings. The van der Waals surface area contributed by atoms with Gasteiger partial charge in [0, 0.05) is 15.4 Å². The Balaban J connectivity index is 2.11.